The van der Waals surface area contributed by atoms with Crippen LogP contribution in [0.2, 0.25) is 0 Å². The molecule has 1 aliphatic carbocycles. The standard InChI is InChI=1S/C16H24N2O/c1-12-9-10-15(13(2)11-12)18-16(19)17-14-7-5-3-4-6-8-14/h9-11,14H,3-8H2,1-2H3,(H2,17,18,19). The highest BCUT2D eigenvalue weighted by molar-refractivity contribution is 5.90. The molecular formula is C16H24N2O. The number of hydrogen-bond donors (Lipinski definition) is 2. The molecule has 0 aromatic heterocycles. The Labute approximate surface area is 115 Å². The van der Waals surface area contributed by atoms with E-state index in [0.29, 0.717) is 6.04 Å². The van der Waals surface area contributed by atoms with Crippen LogP contribution in [0.15, 0.2) is 18.2 Å². The first kappa shape index (κ1) is 13.9. The van der Waals surface area contributed by atoms with Crippen molar-refractivity contribution < 1.29 is 4.79 Å². The molecule has 2 amide bonds. The first-order valence-corrected chi connectivity index (χ1v) is 7.30. The Kier molecular flexibility index (Phi) is 4.83. The van der Waals surface area contributed by atoms with E-state index in [4.69, 9.17) is 0 Å². The van der Waals surface area contributed by atoms with Crippen LogP contribution in [0.25, 0.3) is 0 Å². The summed E-state index contributed by atoms with van der Waals surface area (Å²) in [6, 6.07) is 6.35. The van der Waals surface area contributed by atoms with Gasteiger partial charge in [0.1, 0.15) is 0 Å². The van der Waals surface area contributed by atoms with E-state index >= 15 is 0 Å². The van der Waals surface area contributed by atoms with Crippen molar-refractivity contribution in [3.63, 3.8) is 0 Å². The summed E-state index contributed by atoms with van der Waals surface area (Å²) in [5, 5.41) is 6.05. The number of urea groups is 1. The molecule has 0 bridgehead atoms. The van der Waals surface area contributed by atoms with Crippen molar-refractivity contribution in [1.82, 2.24) is 5.32 Å². The Morgan fingerprint density at radius 3 is 2.42 bits per heavy atom. The summed E-state index contributed by atoms with van der Waals surface area (Å²) >= 11 is 0. The molecule has 2 N–H and O–H groups in total. The van der Waals surface area contributed by atoms with Gasteiger partial charge in [-0.25, -0.2) is 4.79 Å². The summed E-state index contributed by atoms with van der Waals surface area (Å²) < 4.78 is 0. The lowest BCUT2D eigenvalue weighted by molar-refractivity contribution is 0.247. The number of carbonyl (C=O) groups is 1. The minimum atomic E-state index is -0.0705. The van der Waals surface area contributed by atoms with E-state index < -0.39 is 0 Å². The molecule has 2 rings (SSSR count). The fourth-order valence-electron chi connectivity index (χ4n) is 2.72. The number of rotatable bonds is 2. The van der Waals surface area contributed by atoms with Crippen LogP contribution < -0.4 is 10.6 Å². The average Bonchev–Trinajstić information content (AvgIpc) is 2.61. The predicted octanol–water partition coefficient (Wildman–Crippen LogP) is 4.15. The zero-order chi connectivity index (χ0) is 13.7. The van der Waals surface area contributed by atoms with Crippen LogP contribution in [-0.4, -0.2) is 12.1 Å². The third-order valence-corrected chi connectivity index (χ3v) is 3.82. The van der Waals surface area contributed by atoms with E-state index in [1.807, 2.05) is 19.1 Å². The molecule has 0 unspecified atom stereocenters. The molecule has 0 saturated heterocycles. The first-order valence-electron chi connectivity index (χ1n) is 7.30. The van der Waals surface area contributed by atoms with Crippen LogP contribution in [-0.2, 0) is 0 Å². The van der Waals surface area contributed by atoms with Crippen LogP contribution >= 0.6 is 0 Å². The van der Waals surface area contributed by atoms with Crippen molar-refractivity contribution in [1.29, 1.82) is 0 Å². The highest BCUT2D eigenvalue weighted by Crippen LogP contribution is 2.18. The van der Waals surface area contributed by atoms with Crippen LogP contribution in [0.3, 0.4) is 0 Å². The van der Waals surface area contributed by atoms with Gasteiger partial charge in [0.25, 0.3) is 0 Å². The van der Waals surface area contributed by atoms with Crippen molar-refractivity contribution in [2.45, 2.75) is 58.4 Å². The second kappa shape index (κ2) is 6.60. The number of carbonyl (C=O) groups excluding carboxylic acids is 1. The SMILES string of the molecule is Cc1ccc(NC(=O)NC2CCCCCC2)c(C)c1. The molecule has 1 aliphatic rings. The zero-order valence-electron chi connectivity index (χ0n) is 12.0. The van der Waals surface area contributed by atoms with E-state index in [9.17, 15) is 4.79 Å². The van der Waals surface area contributed by atoms with Crippen LogP contribution in [0.5, 0.6) is 0 Å². The second-order valence-corrected chi connectivity index (χ2v) is 5.61. The molecule has 19 heavy (non-hydrogen) atoms. The van der Waals surface area contributed by atoms with Gasteiger partial charge in [-0.1, -0.05) is 43.4 Å². The minimum absolute atomic E-state index is 0.0705. The Balaban J connectivity index is 1.89. The van der Waals surface area contributed by atoms with E-state index in [0.717, 1.165) is 24.1 Å². The zero-order valence-corrected chi connectivity index (χ0v) is 12.0. The van der Waals surface area contributed by atoms with Crippen LogP contribution in [0.1, 0.15) is 49.7 Å². The van der Waals surface area contributed by atoms with Gasteiger partial charge < -0.3 is 10.6 Å². The molecule has 104 valence electrons. The summed E-state index contributed by atoms with van der Waals surface area (Å²) in [5.41, 5.74) is 3.22. The van der Waals surface area contributed by atoms with Gasteiger partial charge in [-0.2, -0.15) is 0 Å². The minimum Gasteiger partial charge on any atom is -0.335 e. The highest BCUT2D eigenvalue weighted by Gasteiger charge is 2.14. The summed E-state index contributed by atoms with van der Waals surface area (Å²) in [6.45, 7) is 4.08. The summed E-state index contributed by atoms with van der Waals surface area (Å²) in [4.78, 5) is 12.0. The van der Waals surface area contributed by atoms with Gasteiger partial charge in [0, 0.05) is 11.7 Å². The molecule has 3 nitrogen and oxygen atoms in total. The Bertz CT molecular complexity index is 434. The van der Waals surface area contributed by atoms with Crippen molar-refractivity contribution in [3.8, 4) is 0 Å². The maximum absolute atomic E-state index is 12.0. The highest BCUT2D eigenvalue weighted by atomic mass is 16.2. The fourth-order valence-corrected chi connectivity index (χ4v) is 2.72. The fraction of sp³-hybridized carbons (Fsp3) is 0.562. The molecule has 1 fully saturated rings. The summed E-state index contributed by atoms with van der Waals surface area (Å²) in [7, 11) is 0. The number of nitrogens with one attached hydrogen (secondary N) is 2. The first-order chi connectivity index (χ1) is 9.15. The van der Waals surface area contributed by atoms with E-state index in [-0.39, 0.29) is 6.03 Å². The molecule has 0 radical (unpaired) electrons. The molecule has 1 saturated carbocycles. The topological polar surface area (TPSA) is 41.1 Å². The molecular weight excluding hydrogens is 236 g/mol. The van der Waals surface area contributed by atoms with E-state index in [1.165, 1.54) is 31.2 Å². The van der Waals surface area contributed by atoms with Gasteiger partial charge in [-0.3, -0.25) is 0 Å². The van der Waals surface area contributed by atoms with E-state index in [2.05, 4.69) is 23.6 Å². The van der Waals surface area contributed by atoms with Gasteiger partial charge >= 0.3 is 6.03 Å². The Morgan fingerprint density at radius 2 is 1.79 bits per heavy atom. The molecule has 0 aliphatic heterocycles. The molecule has 0 spiro atoms. The second-order valence-electron chi connectivity index (χ2n) is 5.61. The van der Waals surface area contributed by atoms with Crippen molar-refractivity contribution in [2.75, 3.05) is 5.32 Å². The maximum Gasteiger partial charge on any atom is 0.319 e. The van der Waals surface area contributed by atoms with Gasteiger partial charge in [-0.05, 0) is 38.3 Å². The van der Waals surface area contributed by atoms with Crippen molar-refractivity contribution in [2.24, 2.45) is 0 Å². The number of benzene rings is 1. The van der Waals surface area contributed by atoms with Crippen molar-refractivity contribution in [3.05, 3.63) is 29.3 Å². The molecule has 1 aromatic carbocycles. The normalized spacial score (nSPS) is 16.7. The van der Waals surface area contributed by atoms with Crippen LogP contribution in [0, 0.1) is 13.8 Å². The van der Waals surface area contributed by atoms with Gasteiger partial charge in [0.05, 0.1) is 0 Å². The van der Waals surface area contributed by atoms with Gasteiger partial charge in [-0.15, -0.1) is 0 Å². The largest absolute Gasteiger partial charge is 0.335 e. The monoisotopic (exact) mass is 260 g/mol. The maximum atomic E-state index is 12.0. The smallest absolute Gasteiger partial charge is 0.319 e. The lowest BCUT2D eigenvalue weighted by atomic mass is 10.1. The lowest BCUT2D eigenvalue weighted by Gasteiger charge is -2.17. The molecule has 1 aromatic rings. The number of aryl methyl sites for hydroxylation is 2. The lowest BCUT2D eigenvalue weighted by Crippen LogP contribution is -2.37. The van der Waals surface area contributed by atoms with Crippen molar-refractivity contribution >= 4 is 11.7 Å². The number of amides is 2. The van der Waals surface area contributed by atoms with Gasteiger partial charge in [0.15, 0.2) is 0 Å². The Hall–Kier alpha value is -1.51. The number of hydrogen-bond acceptors (Lipinski definition) is 1. The molecule has 0 heterocycles. The van der Waals surface area contributed by atoms with E-state index in [1.54, 1.807) is 0 Å². The quantitative estimate of drug-likeness (QED) is 0.771. The third-order valence-electron chi connectivity index (χ3n) is 3.82. The summed E-state index contributed by atoms with van der Waals surface area (Å²) in [6.07, 6.45) is 7.29. The third kappa shape index (κ3) is 4.27. The van der Waals surface area contributed by atoms with Gasteiger partial charge in [0.2, 0.25) is 0 Å². The average molecular weight is 260 g/mol. The predicted molar refractivity (Wildman–Crippen MR) is 79.6 cm³/mol. The summed E-state index contributed by atoms with van der Waals surface area (Å²) in [5.74, 6) is 0. The molecule has 0 atom stereocenters. The Morgan fingerprint density at radius 1 is 1.11 bits per heavy atom. The molecule has 3 heteroatoms. The number of anilines is 1. The van der Waals surface area contributed by atoms with Crippen LogP contribution in [0.4, 0.5) is 10.5 Å².